The molecule has 1 saturated carbocycles. The number of carbonyl (C=O) groups excluding carboxylic acids is 5. The molecule has 1 rings (SSSR count). The Labute approximate surface area is 157 Å². The molecule has 1 aliphatic carbocycles. The molecule has 0 aromatic rings. The number of carbonyl (C=O) groups is 5. The van der Waals surface area contributed by atoms with E-state index in [0.29, 0.717) is 0 Å². The van der Waals surface area contributed by atoms with Crippen molar-refractivity contribution in [3.63, 3.8) is 0 Å². The van der Waals surface area contributed by atoms with Crippen LogP contribution in [0.4, 0.5) is 0 Å². The Morgan fingerprint density at radius 3 is 1.22 bits per heavy atom. The summed E-state index contributed by atoms with van der Waals surface area (Å²) in [5.74, 6) is -8.07. The van der Waals surface area contributed by atoms with Crippen LogP contribution in [0.15, 0.2) is 0 Å². The predicted molar refractivity (Wildman–Crippen MR) is 90.0 cm³/mol. The van der Waals surface area contributed by atoms with Gasteiger partial charge in [-0.05, 0) is 17.3 Å². The van der Waals surface area contributed by atoms with Crippen molar-refractivity contribution in [3.05, 3.63) is 0 Å². The van der Waals surface area contributed by atoms with E-state index in [0.717, 1.165) is 28.4 Å². The summed E-state index contributed by atoms with van der Waals surface area (Å²) >= 11 is 0. The Bertz CT molecular complexity index is 540. The molecular weight excluding hydrogens is 360 g/mol. The number of hydrogen-bond acceptors (Lipinski definition) is 9. The fourth-order valence-electron chi connectivity index (χ4n) is 3.83. The Morgan fingerprint density at radius 2 is 1.00 bits per heavy atom. The predicted octanol–water partition coefficient (Wildman–Crippen LogP) is 0.532. The maximum absolute atomic E-state index is 12.4. The molecule has 1 aliphatic rings. The summed E-state index contributed by atoms with van der Waals surface area (Å²) in [7, 11) is 4.50. The van der Waals surface area contributed by atoms with Gasteiger partial charge in [-0.2, -0.15) is 0 Å². The molecule has 0 bridgehead atoms. The van der Waals surface area contributed by atoms with Crippen LogP contribution in [0.25, 0.3) is 0 Å². The molecule has 152 valence electrons. The van der Waals surface area contributed by atoms with Gasteiger partial charge in [0.15, 0.2) is 11.8 Å². The molecule has 0 saturated heterocycles. The van der Waals surface area contributed by atoms with Crippen molar-refractivity contribution in [1.82, 2.24) is 0 Å². The number of ketones is 1. The van der Waals surface area contributed by atoms with Crippen LogP contribution in [0, 0.1) is 29.1 Å². The molecule has 9 heteroatoms. The highest BCUT2D eigenvalue weighted by atomic mass is 16.5. The molecule has 0 spiro atoms. The molecule has 0 amide bonds. The zero-order valence-corrected chi connectivity index (χ0v) is 16.4. The smallest absolute Gasteiger partial charge is 0.320 e. The highest BCUT2D eigenvalue weighted by Gasteiger charge is 2.56. The van der Waals surface area contributed by atoms with Gasteiger partial charge < -0.3 is 18.9 Å². The van der Waals surface area contributed by atoms with Gasteiger partial charge in [-0.25, -0.2) is 0 Å². The maximum Gasteiger partial charge on any atom is 0.320 e. The summed E-state index contributed by atoms with van der Waals surface area (Å²) in [6.45, 7) is 3.37. The second kappa shape index (κ2) is 8.96. The summed E-state index contributed by atoms with van der Waals surface area (Å²) in [5.41, 5.74) is -0.964. The SMILES string of the molecule is COC(=O)C(C(=O)OC)[C@H]1CC(=O)C[C@H](C(C(=O)OC)C(=O)OC)C1(C)C. The van der Waals surface area contributed by atoms with Crippen molar-refractivity contribution in [2.24, 2.45) is 29.1 Å². The highest BCUT2D eigenvalue weighted by Crippen LogP contribution is 2.51. The van der Waals surface area contributed by atoms with Crippen LogP contribution in [0.5, 0.6) is 0 Å². The summed E-state index contributed by atoms with van der Waals surface area (Å²) in [6.07, 6.45) is -0.180. The van der Waals surface area contributed by atoms with Gasteiger partial charge >= 0.3 is 23.9 Å². The van der Waals surface area contributed by atoms with Crippen molar-refractivity contribution in [2.45, 2.75) is 26.7 Å². The highest BCUT2D eigenvalue weighted by molar-refractivity contribution is 5.98. The number of rotatable bonds is 6. The largest absolute Gasteiger partial charge is 0.468 e. The Morgan fingerprint density at radius 1 is 0.741 bits per heavy atom. The van der Waals surface area contributed by atoms with Crippen molar-refractivity contribution >= 4 is 29.7 Å². The van der Waals surface area contributed by atoms with Gasteiger partial charge in [0.1, 0.15) is 5.78 Å². The van der Waals surface area contributed by atoms with Gasteiger partial charge in [-0.15, -0.1) is 0 Å². The van der Waals surface area contributed by atoms with Gasteiger partial charge in [0.05, 0.1) is 28.4 Å². The fraction of sp³-hybridized carbons (Fsp3) is 0.722. The number of ether oxygens (including phenoxy) is 4. The van der Waals surface area contributed by atoms with Gasteiger partial charge in [0.2, 0.25) is 0 Å². The summed E-state index contributed by atoms with van der Waals surface area (Å²) in [4.78, 5) is 61.4. The maximum atomic E-state index is 12.4. The third-order valence-corrected chi connectivity index (χ3v) is 5.43. The van der Waals surface area contributed by atoms with Crippen LogP contribution in [-0.4, -0.2) is 58.1 Å². The minimum Gasteiger partial charge on any atom is -0.468 e. The summed E-state index contributed by atoms with van der Waals surface area (Å²) in [6, 6.07) is 0. The van der Waals surface area contributed by atoms with Crippen molar-refractivity contribution in [2.75, 3.05) is 28.4 Å². The molecular formula is C18H26O9. The van der Waals surface area contributed by atoms with Crippen LogP contribution in [0.1, 0.15) is 26.7 Å². The average molecular weight is 386 g/mol. The molecule has 27 heavy (non-hydrogen) atoms. The normalized spacial score (nSPS) is 21.6. The standard InChI is InChI=1S/C18H26O9/c1-18(2)10(12(14(20)24-3)15(21)25-4)7-9(19)8-11(18)13(16(22)26-5)17(23)27-6/h10-13H,7-8H2,1-6H3/t10-,11-/m1/s1. The van der Waals surface area contributed by atoms with E-state index in [2.05, 4.69) is 0 Å². The van der Waals surface area contributed by atoms with E-state index in [1.54, 1.807) is 13.8 Å². The molecule has 0 aromatic carbocycles. The van der Waals surface area contributed by atoms with Gasteiger partial charge in [0, 0.05) is 12.8 Å². The number of esters is 4. The quantitative estimate of drug-likeness (QED) is 0.365. The lowest BCUT2D eigenvalue weighted by Gasteiger charge is -2.47. The zero-order chi connectivity index (χ0) is 20.9. The molecule has 0 radical (unpaired) electrons. The third kappa shape index (κ3) is 4.45. The van der Waals surface area contributed by atoms with E-state index in [1.165, 1.54) is 0 Å². The van der Waals surface area contributed by atoms with Crippen LogP contribution in [-0.2, 0) is 42.9 Å². The Kier molecular flexibility index (Phi) is 7.50. The number of methoxy groups -OCH3 is 4. The monoisotopic (exact) mass is 386 g/mol. The lowest BCUT2D eigenvalue weighted by Crippen LogP contribution is -2.53. The molecule has 0 aliphatic heterocycles. The topological polar surface area (TPSA) is 122 Å². The first kappa shape index (κ1) is 22.6. The van der Waals surface area contributed by atoms with Crippen LogP contribution in [0.3, 0.4) is 0 Å². The first-order chi connectivity index (χ1) is 12.6. The molecule has 1 fully saturated rings. The van der Waals surface area contributed by atoms with E-state index in [9.17, 15) is 24.0 Å². The molecule has 0 aromatic heterocycles. The van der Waals surface area contributed by atoms with E-state index in [-0.39, 0.29) is 18.6 Å². The van der Waals surface area contributed by atoms with Gasteiger partial charge in [-0.1, -0.05) is 13.8 Å². The summed E-state index contributed by atoms with van der Waals surface area (Å²) in [5, 5.41) is 0. The van der Waals surface area contributed by atoms with E-state index in [4.69, 9.17) is 18.9 Å². The fourth-order valence-corrected chi connectivity index (χ4v) is 3.83. The first-order valence-corrected chi connectivity index (χ1v) is 8.39. The van der Waals surface area contributed by atoms with Crippen LogP contribution < -0.4 is 0 Å². The van der Waals surface area contributed by atoms with E-state index in [1.807, 2.05) is 0 Å². The molecule has 0 unspecified atom stereocenters. The van der Waals surface area contributed by atoms with E-state index < -0.39 is 53.0 Å². The Hall–Kier alpha value is -2.45. The lowest BCUT2D eigenvalue weighted by atomic mass is 9.55. The number of Topliss-reactive ketones (excluding diaryl/α,β-unsaturated/α-hetero) is 1. The molecule has 2 atom stereocenters. The third-order valence-electron chi connectivity index (χ3n) is 5.43. The lowest BCUT2D eigenvalue weighted by molar-refractivity contribution is -0.172. The average Bonchev–Trinajstić information content (AvgIpc) is 2.64. The van der Waals surface area contributed by atoms with Crippen molar-refractivity contribution < 1.29 is 42.9 Å². The van der Waals surface area contributed by atoms with Gasteiger partial charge in [0.25, 0.3) is 0 Å². The molecule has 9 nitrogen and oxygen atoms in total. The zero-order valence-electron chi connectivity index (χ0n) is 16.4. The van der Waals surface area contributed by atoms with E-state index >= 15 is 0 Å². The second-order valence-corrected chi connectivity index (χ2v) is 7.03. The first-order valence-electron chi connectivity index (χ1n) is 8.39. The van der Waals surface area contributed by atoms with Gasteiger partial charge in [-0.3, -0.25) is 24.0 Å². The summed E-state index contributed by atoms with van der Waals surface area (Å²) < 4.78 is 18.9. The van der Waals surface area contributed by atoms with Crippen LogP contribution >= 0.6 is 0 Å². The van der Waals surface area contributed by atoms with Crippen molar-refractivity contribution in [1.29, 1.82) is 0 Å². The van der Waals surface area contributed by atoms with Crippen molar-refractivity contribution in [3.8, 4) is 0 Å². The molecule has 0 heterocycles. The number of hydrogen-bond donors (Lipinski definition) is 0. The Balaban J connectivity index is 3.46. The molecule has 0 N–H and O–H groups in total. The minimum atomic E-state index is -1.36. The minimum absolute atomic E-state index is 0.0898. The van der Waals surface area contributed by atoms with Crippen LogP contribution in [0.2, 0.25) is 0 Å². The second-order valence-electron chi connectivity index (χ2n) is 7.03.